The van der Waals surface area contributed by atoms with Gasteiger partial charge in [0.2, 0.25) is 5.91 Å². The Bertz CT molecular complexity index is 1060. The molecule has 4 rings (SSSR count). The number of nitrogens with two attached hydrogens (primary N) is 1. The van der Waals surface area contributed by atoms with Crippen LogP contribution >= 0.6 is 28.1 Å². The van der Waals surface area contributed by atoms with E-state index in [0.717, 1.165) is 34.5 Å². The number of amides is 1. The normalized spacial score (nSPS) is 18.2. The van der Waals surface area contributed by atoms with Crippen molar-refractivity contribution in [2.75, 3.05) is 18.0 Å². The lowest BCUT2D eigenvalue weighted by Gasteiger charge is -2.32. The lowest BCUT2D eigenvalue weighted by atomic mass is 10.0. The molecule has 0 spiro atoms. The van der Waals surface area contributed by atoms with E-state index in [0.29, 0.717) is 0 Å². The van der Waals surface area contributed by atoms with Crippen molar-refractivity contribution in [1.29, 1.82) is 0 Å². The van der Waals surface area contributed by atoms with Gasteiger partial charge in [0.25, 0.3) is 0 Å². The number of carbonyl (C=O) groups is 1. The van der Waals surface area contributed by atoms with Gasteiger partial charge in [-0.2, -0.15) is 5.10 Å². The summed E-state index contributed by atoms with van der Waals surface area (Å²) in [5, 5.41) is 9.96. The molecule has 0 bridgehead atoms. The quantitative estimate of drug-likeness (QED) is 0.552. The monoisotopic (exact) mass is 523 g/mol. The average Bonchev–Trinajstić information content (AvgIpc) is 3.33. The standard InChI is InChI=1S/C25H26BrN5OS/c26-19-8-14-22(15-9-19)31(25(27)33)23(18-6-2-1-3-7-18)24(32)28-20-10-12-21(13-11-20)29-30-16-4-5-17-30/h1-3,6-15,20,23H,4-5,16-17H2,(H2,27,33)(H,28,32). The number of nitrogens with one attached hydrogen (secondary N) is 1. The number of allylic oxidation sites excluding steroid dienone is 2. The number of anilines is 1. The van der Waals surface area contributed by atoms with Crippen molar-refractivity contribution in [3.63, 3.8) is 0 Å². The maximum atomic E-state index is 13.6. The SMILES string of the molecule is NC(=S)N(c1ccc(Br)cc1)C(C(=O)NC1C=CC(=NN2CCCC2)C=C1)c1ccccc1. The Hall–Kier alpha value is -2.97. The van der Waals surface area contributed by atoms with Gasteiger partial charge in [-0.1, -0.05) is 58.4 Å². The van der Waals surface area contributed by atoms with Crippen molar-refractivity contribution in [2.24, 2.45) is 10.8 Å². The molecule has 1 fully saturated rings. The first-order valence-corrected chi connectivity index (χ1v) is 12.1. The summed E-state index contributed by atoms with van der Waals surface area (Å²) in [6.07, 6.45) is 10.1. The van der Waals surface area contributed by atoms with Crippen LogP contribution in [0, 0.1) is 0 Å². The van der Waals surface area contributed by atoms with Crippen LogP contribution in [0.2, 0.25) is 0 Å². The fraction of sp³-hybridized carbons (Fsp3) is 0.240. The lowest BCUT2D eigenvalue weighted by Crippen LogP contribution is -2.48. The van der Waals surface area contributed by atoms with Crippen LogP contribution < -0.4 is 16.0 Å². The van der Waals surface area contributed by atoms with E-state index in [-0.39, 0.29) is 17.1 Å². The zero-order valence-electron chi connectivity index (χ0n) is 18.1. The summed E-state index contributed by atoms with van der Waals surface area (Å²) in [4.78, 5) is 15.3. The molecule has 1 heterocycles. The third-order valence-electron chi connectivity index (χ3n) is 5.56. The summed E-state index contributed by atoms with van der Waals surface area (Å²) in [6.45, 7) is 1.99. The van der Waals surface area contributed by atoms with Crippen LogP contribution in [0.1, 0.15) is 24.4 Å². The minimum absolute atomic E-state index is 0.121. The molecule has 0 saturated carbocycles. The Kier molecular flexibility index (Phi) is 7.57. The molecular weight excluding hydrogens is 498 g/mol. The largest absolute Gasteiger partial charge is 0.376 e. The van der Waals surface area contributed by atoms with E-state index >= 15 is 0 Å². The molecule has 33 heavy (non-hydrogen) atoms. The smallest absolute Gasteiger partial charge is 0.248 e. The molecular formula is C25H26BrN5OS. The van der Waals surface area contributed by atoms with Crippen molar-refractivity contribution >= 4 is 50.6 Å². The Morgan fingerprint density at radius 1 is 1.09 bits per heavy atom. The number of hydrazone groups is 1. The number of thiocarbonyl (C=S) groups is 1. The van der Waals surface area contributed by atoms with Crippen LogP contribution in [0.15, 0.2) is 88.5 Å². The molecule has 1 amide bonds. The molecule has 0 radical (unpaired) electrons. The molecule has 1 unspecified atom stereocenters. The minimum atomic E-state index is -0.716. The first kappa shape index (κ1) is 23.2. The number of nitrogens with zero attached hydrogens (tertiary/aromatic N) is 3. The average molecular weight is 524 g/mol. The van der Waals surface area contributed by atoms with Gasteiger partial charge in [0.05, 0.1) is 11.8 Å². The zero-order valence-corrected chi connectivity index (χ0v) is 20.5. The maximum Gasteiger partial charge on any atom is 0.248 e. The van der Waals surface area contributed by atoms with Crippen molar-refractivity contribution in [2.45, 2.75) is 24.9 Å². The van der Waals surface area contributed by atoms with Crippen LogP contribution in [0.5, 0.6) is 0 Å². The molecule has 170 valence electrons. The molecule has 8 heteroatoms. The molecule has 2 aromatic rings. The van der Waals surface area contributed by atoms with Crippen LogP contribution in [0.3, 0.4) is 0 Å². The number of hydrogen-bond donors (Lipinski definition) is 2. The van der Waals surface area contributed by atoms with Crippen LogP contribution in [0.4, 0.5) is 5.69 Å². The summed E-state index contributed by atoms with van der Waals surface area (Å²) < 4.78 is 0.929. The van der Waals surface area contributed by atoms with Gasteiger partial charge >= 0.3 is 0 Å². The third-order valence-corrected chi connectivity index (χ3v) is 6.29. The van der Waals surface area contributed by atoms with E-state index in [4.69, 9.17) is 18.0 Å². The molecule has 2 aliphatic rings. The molecule has 2 aromatic carbocycles. The minimum Gasteiger partial charge on any atom is -0.376 e. The zero-order chi connectivity index (χ0) is 23.2. The second kappa shape index (κ2) is 10.8. The second-order valence-electron chi connectivity index (χ2n) is 7.94. The van der Waals surface area contributed by atoms with Gasteiger partial charge in [0, 0.05) is 23.2 Å². The van der Waals surface area contributed by atoms with Gasteiger partial charge in [-0.3, -0.25) is 9.80 Å². The lowest BCUT2D eigenvalue weighted by molar-refractivity contribution is -0.122. The molecule has 1 atom stereocenters. The number of benzene rings is 2. The Morgan fingerprint density at radius 2 is 1.73 bits per heavy atom. The highest BCUT2D eigenvalue weighted by Crippen LogP contribution is 2.29. The third kappa shape index (κ3) is 5.89. The van der Waals surface area contributed by atoms with E-state index in [1.54, 1.807) is 4.90 Å². The highest BCUT2D eigenvalue weighted by atomic mass is 79.9. The molecule has 3 N–H and O–H groups in total. The fourth-order valence-corrected chi connectivity index (χ4v) is 4.43. The van der Waals surface area contributed by atoms with E-state index in [2.05, 4.69) is 31.4 Å². The van der Waals surface area contributed by atoms with Crippen molar-refractivity contribution in [3.05, 3.63) is 88.9 Å². The van der Waals surface area contributed by atoms with Crippen molar-refractivity contribution in [1.82, 2.24) is 10.3 Å². The predicted molar refractivity (Wildman–Crippen MR) is 141 cm³/mol. The number of carbonyl (C=O) groups excluding carboxylic acids is 1. The summed E-state index contributed by atoms with van der Waals surface area (Å²) in [7, 11) is 0. The van der Waals surface area contributed by atoms with Crippen molar-refractivity contribution in [3.8, 4) is 0 Å². The maximum absolute atomic E-state index is 13.6. The first-order valence-electron chi connectivity index (χ1n) is 10.9. The van der Waals surface area contributed by atoms with E-state index in [1.165, 1.54) is 12.8 Å². The first-order chi connectivity index (χ1) is 16.0. The van der Waals surface area contributed by atoms with Gasteiger partial charge in [-0.25, -0.2) is 0 Å². The molecule has 0 aromatic heterocycles. The highest BCUT2D eigenvalue weighted by molar-refractivity contribution is 9.10. The van der Waals surface area contributed by atoms with E-state index in [9.17, 15) is 4.79 Å². The highest BCUT2D eigenvalue weighted by Gasteiger charge is 2.31. The van der Waals surface area contributed by atoms with E-state index < -0.39 is 6.04 Å². The van der Waals surface area contributed by atoms with Crippen LogP contribution in [-0.2, 0) is 4.79 Å². The van der Waals surface area contributed by atoms with Crippen molar-refractivity contribution < 1.29 is 4.79 Å². The molecule has 1 aliphatic carbocycles. The predicted octanol–water partition coefficient (Wildman–Crippen LogP) is 4.30. The Labute approximate surface area is 208 Å². The Morgan fingerprint density at radius 3 is 2.33 bits per heavy atom. The summed E-state index contributed by atoms with van der Waals surface area (Å²) in [5.74, 6) is -0.198. The van der Waals surface area contributed by atoms with Gasteiger partial charge in [-0.05, 0) is 67.0 Å². The molecule has 1 aliphatic heterocycles. The number of rotatable bonds is 6. The van der Waals surface area contributed by atoms with Gasteiger partial charge in [0.15, 0.2) is 5.11 Å². The summed E-state index contributed by atoms with van der Waals surface area (Å²) >= 11 is 8.83. The number of hydrogen-bond acceptors (Lipinski definition) is 4. The van der Waals surface area contributed by atoms with Gasteiger partial charge in [-0.15, -0.1) is 0 Å². The van der Waals surface area contributed by atoms with Gasteiger partial charge < -0.3 is 16.0 Å². The summed E-state index contributed by atoms with van der Waals surface area (Å²) in [5.41, 5.74) is 8.56. The summed E-state index contributed by atoms with van der Waals surface area (Å²) in [6, 6.07) is 16.1. The van der Waals surface area contributed by atoms with Crippen LogP contribution in [-0.4, -0.2) is 40.9 Å². The van der Waals surface area contributed by atoms with Gasteiger partial charge in [0.1, 0.15) is 6.04 Å². The second-order valence-corrected chi connectivity index (χ2v) is 9.27. The van der Waals surface area contributed by atoms with E-state index in [1.807, 2.05) is 78.9 Å². The molecule has 1 saturated heterocycles. The molecule has 6 nitrogen and oxygen atoms in total. The fourth-order valence-electron chi connectivity index (χ4n) is 3.95. The van der Waals surface area contributed by atoms with Crippen LogP contribution in [0.25, 0.3) is 0 Å². The topological polar surface area (TPSA) is 74.0 Å². The number of halogens is 1. The Balaban J connectivity index is 1.56.